The molecule has 0 saturated carbocycles. The number of hydrogen-bond donors (Lipinski definition) is 2. The molecule has 97 heavy (non-hydrogen) atoms. The molecule has 506 valence electrons. The van der Waals surface area contributed by atoms with Gasteiger partial charge in [-0.25, -0.2) is 0 Å². The fourth-order valence-corrected chi connectivity index (χ4v) is 12.3. The maximum Gasteiger partial charge on any atom is 0.187 e. The van der Waals surface area contributed by atoms with Gasteiger partial charge in [0.2, 0.25) is 0 Å². The van der Waals surface area contributed by atoms with Gasteiger partial charge in [-0.1, -0.05) is 273 Å². The van der Waals surface area contributed by atoms with Gasteiger partial charge >= 0.3 is 0 Å². The van der Waals surface area contributed by atoms with E-state index in [2.05, 4.69) is 0 Å². The Hall–Kier alpha value is -7.66. The van der Waals surface area contributed by atoms with Crippen LogP contribution in [0.15, 0.2) is 273 Å². The van der Waals surface area contributed by atoms with Crippen molar-refractivity contribution in [3.63, 3.8) is 0 Å². The quantitative estimate of drug-likeness (QED) is 0.0390. The van der Waals surface area contributed by atoms with Gasteiger partial charge < -0.3 is 76.5 Å². The van der Waals surface area contributed by atoms with Gasteiger partial charge in [0.05, 0.1) is 79.3 Å². The topological polar surface area (TPSA) is 170 Å². The molecule has 0 bridgehead atoms. The fraction of sp³-hybridized carbons (Fsp3) is 0.333. The summed E-state index contributed by atoms with van der Waals surface area (Å²) in [6.45, 7) is 0.698. The first kappa shape index (κ1) is 69.2. The molecular weight excluding hydrogens is 1230 g/mol. The minimum Gasteiger partial charge on any atom is -0.394 e. The minimum atomic E-state index is -1.50. The second-order valence-electron chi connectivity index (χ2n) is 24.4. The van der Waals surface area contributed by atoms with E-state index in [4.69, 9.17) is 66.3 Å². The molecule has 12 rings (SSSR count). The summed E-state index contributed by atoms with van der Waals surface area (Å²) in [4.78, 5) is 0. The van der Waals surface area contributed by atoms with Crippen LogP contribution in [-0.2, 0) is 126 Å². The highest BCUT2D eigenvalue weighted by Crippen LogP contribution is 2.37. The van der Waals surface area contributed by atoms with Crippen LogP contribution in [0, 0.1) is 0 Å². The van der Waals surface area contributed by atoms with Crippen LogP contribution in [0.3, 0.4) is 0 Å². The summed E-state index contributed by atoms with van der Waals surface area (Å²) >= 11 is 0. The van der Waals surface area contributed by atoms with Crippen LogP contribution in [0.25, 0.3) is 0 Å². The third-order valence-electron chi connectivity index (χ3n) is 17.4. The van der Waals surface area contributed by atoms with Gasteiger partial charge in [-0.3, -0.25) is 0 Å². The van der Waals surface area contributed by atoms with Gasteiger partial charge in [-0.05, 0) is 50.1 Å². The van der Waals surface area contributed by atoms with Crippen molar-refractivity contribution in [2.24, 2.45) is 0 Å². The van der Waals surface area contributed by atoms with Crippen molar-refractivity contribution >= 4 is 0 Å². The Labute approximate surface area is 568 Å². The summed E-state index contributed by atoms with van der Waals surface area (Å²) in [5.74, 6) is 0. The minimum absolute atomic E-state index is 0.139. The van der Waals surface area contributed by atoms with E-state index in [-0.39, 0.29) is 72.7 Å². The number of ether oxygens (including phenoxy) is 14. The second-order valence-corrected chi connectivity index (χ2v) is 24.4. The Morgan fingerprint density at radius 2 is 0.412 bits per heavy atom. The molecule has 16 heteroatoms. The van der Waals surface area contributed by atoms with Crippen LogP contribution in [-0.4, -0.2) is 122 Å². The van der Waals surface area contributed by atoms with E-state index < -0.39 is 98.7 Å². The molecule has 9 aromatic carbocycles. The molecule has 0 spiro atoms. The van der Waals surface area contributed by atoms with E-state index in [9.17, 15) is 10.2 Å². The van der Waals surface area contributed by atoms with Crippen LogP contribution in [0.4, 0.5) is 0 Å². The first-order valence-corrected chi connectivity index (χ1v) is 33.4. The largest absolute Gasteiger partial charge is 0.394 e. The number of benzene rings is 9. The summed E-state index contributed by atoms with van der Waals surface area (Å²) in [6.07, 6.45) is -15.1. The molecule has 3 saturated heterocycles. The molecule has 0 aliphatic carbocycles. The van der Waals surface area contributed by atoms with Crippen molar-refractivity contribution in [1.29, 1.82) is 0 Å². The van der Waals surface area contributed by atoms with E-state index >= 15 is 0 Å². The van der Waals surface area contributed by atoms with Crippen molar-refractivity contribution in [3.8, 4) is 0 Å². The third kappa shape index (κ3) is 20.0. The summed E-state index contributed by atoms with van der Waals surface area (Å²) in [5, 5.41) is 23.7. The van der Waals surface area contributed by atoms with Crippen molar-refractivity contribution in [1.82, 2.24) is 0 Å². The summed E-state index contributed by atoms with van der Waals surface area (Å²) in [6, 6.07) is 88.6. The number of aliphatic hydroxyl groups is 2. The van der Waals surface area contributed by atoms with E-state index in [0.717, 1.165) is 50.1 Å². The lowest BCUT2D eigenvalue weighted by atomic mass is 9.96. The third-order valence-corrected chi connectivity index (χ3v) is 17.4. The summed E-state index contributed by atoms with van der Waals surface area (Å²) in [7, 11) is 0. The molecule has 9 aromatic rings. The van der Waals surface area contributed by atoms with Crippen molar-refractivity contribution in [2.45, 2.75) is 152 Å². The van der Waals surface area contributed by atoms with Crippen molar-refractivity contribution < 1.29 is 76.5 Å². The zero-order chi connectivity index (χ0) is 66.1. The maximum absolute atomic E-state index is 12.3. The normalized spacial score (nSPS) is 25.7. The van der Waals surface area contributed by atoms with Crippen LogP contribution in [0.1, 0.15) is 50.1 Å². The standard InChI is InChI=1S/C81H86O16/c82-46-67-70(84-47-58-28-10-1-11-29-58)74(88-51-62-36-18-5-19-37-62)77(91-54-65-42-24-8-25-43-65)80(96-67)94-57-69-72(86-49-60-32-14-3-15-33-60)75(89-52-63-38-20-6-21-39-63)78(92-55-66-44-26-9-27-45-66)81(97-69)93-56-68-71(85-48-59-30-12-2-13-31-59)73(87-50-61-34-16-4-17-35-61)76(79(83)95-68)90-53-64-40-22-7-23-41-64/h1-45,67-83H,46-57H2/t67-,68-,69-,70-,71-,72-,73+,74+,75+,76-,77-,78-,79+,80-,81+/m1/s1. The van der Waals surface area contributed by atoms with Gasteiger partial charge in [-0.15, -0.1) is 0 Å². The molecule has 0 aromatic heterocycles. The Morgan fingerprint density at radius 1 is 0.216 bits per heavy atom. The van der Waals surface area contributed by atoms with Gasteiger partial charge in [-0.2, -0.15) is 0 Å². The molecule has 0 amide bonds. The number of hydrogen-bond acceptors (Lipinski definition) is 16. The molecule has 3 aliphatic rings. The first-order chi connectivity index (χ1) is 48.0. The molecule has 0 radical (unpaired) electrons. The van der Waals surface area contributed by atoms with Crippen molar-refractivity contribution in [3.05, 3.63) is 323 Å². The molecule has 0 unspecified atom stereocenters. The fourth-order valence-electron chi connectivity index (χ4n) is 12.3. The highest BCUT2D eigenvalue weighted by atomic mass is 16.8. The first-order valence-electron chi connectivity index (χ1n) is 33.4. The predicted molar refractivity (Wildman–Crippen MR) is 362 cm³/mol. The molecule has 15 atom stereocenters. The number of aliphatic hydroxyl groups excluding tert-OH is 2. The monoisotopic (exact) mass is 1310 g/mol. The summed E-state index contributed by atoms with van der Waals surface area (Å²) in [5.41, 5.74) is 8.20. The van der Waals surface area contributed by atoms with Crippen LogP contribution >= 0.6 is 0 Å². The van der Waals surface area contributed by atoms with Crippen LogP contribution in [0.5, 0.6) is 0 Å². The Bertz CT molecular complexity index is 3600. The van der Waals surface area contributed by atoms with Crippen LogP contribution < -0.4 is 0 Å². The van der Waals surface area contributed by atoms with E-state index in [1.165, 1.54) is 0 Å². The molecule has 3 aliphatic heterocycles. The Balaban J connectivity index is 0.903. The van der Waals surface area contributed by atoms with E-state index in [1.54, 1.807) is 0 Å². The predicted octanol–water partition coefficient (Wildman–Crippen LogP) is 12.4. The summed E-state index contributed by atoms with van der Waals surface area (Å²) < 4.78 is 97.8. The van der Waals surface area contributed by atoms with Gasteiger partial charge in [0.25, 0.3) is 0 Å². The highest BCUT2D eigenvalue weighted by molar-refractivity contribution is 5.21. The lowest BCUT2D eigenvalue weighted by Crippen LogP contribution is -2.64. The smallest absolute Gasteiger partial charge is 0.187 e. The van der Waals surface area contributed by atoms with Gasteiger partial charge in [0.1, 0.15) is 73.2 Å². The molecule has 16 nitrogen and oxygen atoms in total. The van der Waals surface area contributed by atoms with Gasteiger partial charge in [0, 0.05) is 0 Å². The lowest BCUT2D eigenvalue weighted by molar-refractivity contribution is -0.360. The maximum atomic E-state index is 12.3. The SMILES string of the molecule is OC[C@H]1O[C@@H](OC[C@H]2O[C@H](OC[C@H]3O[C@H](O)[C@H](OCc4ccccc4)[C@@H](OCc4ccccc4)[C@@H]3OCc3ccccc3)[C@H](OCc3ccccc3)[C@@H](OCc3ccccc3)[C@@H]2OCc2ccccc2)[C@H](OCc2ccccc2)[C@@H](OCc2ccccc2)[C@@H]1OCc1ccccc1. The molecule has 3 fully saturated rings. The zero-order valence-corrected chi connectivity index (χ0v) is 54.2. The lowest BCUT2D eigenvalue weighted by Gasteiger charge is -2.48. The number of rotatable bonds is 34. The zero-order valence-electron chi connectivity index (χ0n) is 54.2. The van der Waals surface area contributed by atoms with Crippen molar-refractivity contribution in [2.75, 3.05) is 19.8 Å². The Kier molecular flexibility index (Phi) is 26.3. The average Bonchev–Trinajstić information content (AvgIpc) is 0.805. The Morgan fingerprint density at radius 3 is 0.670 bits per heavy atom. The molecule has 2 N–H and O–H groups in total. The van der Waals surface area contributed by atoms with E-state index in [0.29, 0.717) is 0 Å². The second kappa shape index (κ2) is 36.8. The van der Waals surface area contributed by atoms with E-state index in [1.807, 2.05) is 273 Å². The average molecular weight is 1320 g/mol. The molecule has 3 heterocycles. The molecular formula is C81H86O16. The van der Waals surface area contributed by atoms with Crippen LogP contribution in [0.2, 0.25) is 0 Å². The van der Waals surface area contributed by atoms with Gasteiger partial charge in [0.15, 0.2) is 18.9 Å². The highest BCUT2D eigenvalue weighted by Gasteiger charge is 2.54.